The van der Waals surface area contributed by atoms with E-state index in [-0.39, 0.29) is 31.1 Å². The number of allylic oxidation sites excluding steroid dienone is 4. The van der Waals surface area contributed by atoms with Crippen LogP contribution >= 0.6 is 0 Å². The fraction of sp³-hybridized carbons (Fsp3) is 0.894. The number of hydrogen-bond acceptors (Lipinski definition) is 6. The maximum atomic E-state index is 12.9. The molecule has 0 spiro atoms. The Hall–Kier alpha value is -2.11. The average Bonchev–Trinajstić information content (AvgIpc) is 3.38. The van der Waals surface area contributed by atoms with Gasteiger partial charge in [-0.3, -0.25) is 14.4 Å². The van der Waals surface area contributed by atoms with Crippen molar-refractivity contribution in [2.24, 2.45) is 0 Å². The molecular weight excluding hydrogens is 889 g/mol. The molecule has 0 rings (SSSR count). The van der Waals surface area contributed by atoms with E-state index in [0.717, 1.165) is 64.2 Å². The monoisotopic (exact) mass is 1010 g/mol. The van der Waals surface area contributed by atoms with Crippen LogP contribution in [-0.2, 0) is 28.6 Å². The normalized spacial score (nSPS) is 12.1. The second-order valence-electron chi connectivity index (χ2n) is 22.0. The molecule has 0 aromatic heterocycles. The number of carbonyl (C=O) groups excluding carboxylic acids is 3. The number of esters is 3. The van der Waals surface area contributed by atoms with Crippen molar-refractivity contribution in [3.63, 3.8) is 0 Å². The number of unbranched alkanes of at least 4 members (excludes halogenated alkanes) is 45. The molecule has 0 radical (unpaired) electrons. The molecule has 72 heavy (non-hydrogen) atoms. The third kappa shape index (κ3) is 58.8. The summed E-state index contributed by atoms with van der Waals surface area (Å²) in [5.74, 6) is -0.846. The summed E-state index contributed by atoms with van der Waals surface area (Å²) >= 11 is 0. The van der Waals surface area contributed by atoms with Gasteiger partial charge in [0, 0.05) is 19.3 Å². The lowest BCUT2D eigenvalue weighted by atomic mass is 10.0. The van der Waals surface area contributed by atoms with Crippen molar-refractivity contribution >= 4 is 17.9 Å². The van der Waals surface area contributed by atoms with Crippen molar-refractivity contribution in [2.75, 3.05) is 13.2 Å². The fourth-order valence-electron chi connectivity index (χ4n) is 9.83. The summed E-state index contributed by atoms with van der Waals surface area (Å²) in [6.45, 7) is 6.65. The zero-order valence-corrected chi connectivity index (χ0v) is 48.7. The lowest BCUT2D eigenvalue weighted by Crippen LogP contribution is -2.30. The van der Waals surface area contributed by atoms with E-state index in [1.165, 1.54) is 257 Å². The predicted octanol–water partition coefficient (Wildman–Crippen LogP) is 21.8. The number of hydrogen-bond donors (Lipinski definition) is 0. The van der Waals surface area contributed by atoms with Gasteiger partial charge >= 0.3 is 17.9 Å². The molecule has 0 bridgehead atoms. The maximum absolute atomic E-state index is 12.9. The van der Waals surface area contributed by atoms with Gasteiger partial charge in [-0.15, -0.1) is 0 Å². The highest BCUT2D eigenvalue weighted by atomic mass is 16.6. The lowest BCUT2D eigenvalue weighted by Gasteiger charge is -2.18. The Morgan fingerprint density at radius 1 is 0.278 bits per heavy atom. The van der Waals surface area contributed by atoms with Crippen LogP contribution < -0.4 is 0 Å². The Labute approximate surface area is 449 Å². The standard InChI is InChI=1S/C66H124O6/c1-4-7-10-13-16-18-20-22-24-26-28-30-31-32-33-34-35-36-38-39-41-43-45-47-50-53-56-59-65(68)71-62-63(61-70-64(67)58-55-52-49-15-12-9-6-3)72-66(69)60-57-54-51-48-46-44-42-40-37-29-27-25-23-21-19-17-14-11-8-5-2/h20,22,26,28,63H,4-19,21,23-25,27,29-62H2,1-3H3/b22-20-,28-26-. The summed E-state index contributed by atoms with van der Waals surface area (Å²) in [6, 6.07) is 0. The Morgan fingerprint density at radius 2 is 0.500 bits per heavy atom. The molecule has 6 heteroatoms. The minimum atomic E-state index is -0.764. The van der Waals surface area contributed by atoms with Gasteiger partial charge in [0.15, 0.2) is 6.10 Å². The molecule has 0 aliphatic rings. The van der Waals surface area contributed by atoms with Gasteiger partial charge in [-0.2, -0.15) is 0 Å². The van der Waals surface area contributed by atoms with Crippen LogP contribution in [0.4, 0.5) is 0 Å². The van der Waals surface area contributed by atoms with E-state index in [4.69, 9.17) is 14.2 Å². The third-order valence-corrected chi connectivity index (χ3v) is 14.7. The van der Waals surface area contributed by atoms with E-state index < -0.39 is 6.10 Å². The molecule has 0 heterocycles. The fourth-order valence-corrected chi connectivity index (χ4v) is 9.83. The van der Waals surface area contributed by atoms with Gasteiger partial charge in [-0.25, -0.2) is 0 Å². The lowest BCUT2D eigenvalue weighted by molar-refractivity contribution is -0.167. The van der Waals surface area contributed by atoms with Gasteiger partial charge in [0.05, 0.1) is 0 Å². The second-order valence-corrected chi connectivity index (χ2v) is 22.0. The molecule has 0 aromatic rings. The first kappa shape index (κ1) is 69.9. The molecule has 0 fully saturated rings. The molecule has 6 nitrogen and oxygen atoms in total. The zero-order chi connectivity index (χ0) is 52.2. The van der Waals surface area contributed by atoms with Crippen LogP contribution in [0.2, 0.25) is 0 Å². The average molecular weight is 1010 g/mol. The first-order valence-corrected chi connectivity index (χ1v) is 32.3. The summed E-state index contributed by atoms with van der Waals surface area (Å²) in [4.78, 5) is 38.1. The Morgan fingerprint density at radius 3 is 0.764 bits per heavy atom. The van der Waals surface area contributed by atoms with Crippen LogP contribution in [0.5, 0.6) is 0 Å². The summed E-state index contributed by atoms with van der Waals surface area (Å²) in [7, 11) is 0. The van der Waals surface area contributed by atoms with E-state index in [9.17, 15) is 14.4 Å². The van der Waals surface area contributed by atoms with Crippen molar-refractivity contribution in [1.82, 2.24) is 0 Å². The van der Waals surface area contributed by atoms with Gasteiger partial charge in [-0.1, -0.05) is 315 Å². The minimum Gasteiger partial charge on any atom is -0.462 e. The molecule has 0 aromatic carbocycles. The molecule has 0 aliphatic heterocycles. The summed E-state index contributed by atoms with van der Waals surface area (Å²) in [5.41, 5.74) is 0. The Balaban J connectivity index is 4.05. The SMILES string of the molecule is CCCCCCC/C=C\C/C=C\CCCCCCCCCCCCCCCCCC(=O)OCC(COC(=O)CCCCCCCCC)OC(=O)CCCCCCCCCCCCCCCCCCCCCC. The van der Waals surface area contributed by atoms with Gasteiger partial charge < -0.3 is 14.2 Å². The van der Waals surface area contributed by atoms with Crippen molar-refractivity contribution in [1.29, 1.82) is 0 Å². The topological polar surface area (TPSA) is 78.9 Å². The van der Waals surface area contributed by atoms with Gasteiger partial charge in [0.2, 0.25) is 0 Å². The van der Waals surface area contributed by atoms with Crippen LogP contribution in [0.3, 0.4) is 0 Å². The molecule has 0 amide bonds. The van der Waals surface area contributed by atoms with E-state index in [1.807, 2.05) is 0 Å². The van der Waals surface area contributed by atoms with Gasteiger partial charge in [0.25, 0.3) is 0 Å². The highest BCUT2D eigenvalue weighted by Crippen LogP contribution is 2.18. The minimum absolute atomic E-state index is 0.0653. The Bertz CT molecular complexity index is 1160. The summed E-state index contributed by atoms with van der Waals surface area (Å²) < 4.78 is 16.9. The van der Waals surface area contributed by atoms with E-state index >= 15 is 0 Å². The molecule has 1 atom stereocenters. The zero-order valence-electron chi connectivity index (χ0n) is 48.7. The van der Waals surface area contributed by atoms with Crippen molar-refractivity contribution in [3.05, 3.63) is 24.3 Å². The first-order chi connectivity index (χ1) is 35.5. The quantitative estimate of drug-likeness (QED) is 0.0261. The summed E-state index contributed by atoms with van der Waals surface area (Å²) in [6.07, 6.45) is 73.6. The highest BCUT2D eigenvalue weighted by molar-refractivity contribution is 5.71. The number of rotatable bonds is 60. The molecule has 0 N–H and O–H groups in total. The van der Waals surface area contributed by atoms with Crippen LogP contribution in [0.25, 0.3) is 0 Å². The molecule has 424 valence electrons. The molecule has 0 saturated heterocycles. The van der Waals surface area contributed by atoms with Crippen LogP contribution in [0.15, 0.2) is 24.3 Å². The Kier molecular flexibility index (Phi) is 59.6. The van der Waals surface area contributed by atoms with E-state index in [2.05, 4.69) is 45.1 Å². The molecule has 0 saturated carbocycles. The van der Waals surface area contributed by atoms with Gasteiger partial charge in [0.1, 0.15) is 13.2 Å². The predicted molar refractivity (Wildman–Crippen MR) is 312 cm³/mol. The number of carbonyl (C=O) groups is 3. The first-order valence-electron chi connectivity index (χ1n) is 32.3. The van der Waals surface area contributed by atoms with E-state index in [1.54, 1.807) is 0 Å². The number of ether oxygens (including phenoxy) is 3. The third-order valence-electron chi connectivity index (χ3n) is 14.7. The van der Waals surface area contributed by atoms with Crippen LogP contribution in [-0.4, -0.2) is 37.2 Å². The second kappa shape index (κ2) is 61.4. The largest absolute Gasteiger partial charge is 0.462 e. The van der Waals surface area contributed by atoms with Crippen LogP contribution in [0, 0.1) is 0 Å². The maximum Gasteiger partial charge on any atom is 0.306 e. The summed E-state index contributed by atoms with van der Waals surface area (Å²) in [5, 5.41) is 0. The molecular formula is C66H124O6. The van der Waals surface area contributed by atoms with E-state index in [0.29, 0.717) is 19.3 Å². The van der Waals surface area contributed by atoms with Crippen molar-refractivity contribution in [2.45, 2.75) is 367 Å². The molecule has 1 unspecified atom stereocenters. The smallest absolute Gasteiger partial charge is 0.306 e. The van der Waals surface area contributed by atoms with Crippen molar-refractivity contribution < 1.29 is 28.6 Å². The van der Waals surface area contributed by atoms with Crippen molar-refractivity contribution in [3.8, 4) is 0 Å². The van der Waals surface area contributed by atoms with Crippen LogP contribution in [0.1, 0.15) is 361 Å². The highest BCUT2D eigenvalue weighted by Gasteiger charge is 2.19. The van der Waals surface area contributed by atoms with Gasteiger partial charge in [-0.05, 0) is 51.4 Å². The molecule has 0 aliphatic carbocycles.